The van der Waals surface area contributed by atoms with E-state index in [0.29, 0.717) is 5.16 Å². The first-order chi connectivity index (χ1) is 8.49. The molecule has 7 nitrogen and oxygen atoms in total. The third-order valence-electron chi connectivity index (χ3n) is 1.70. The summed E-state index contributed by atoms with van der Waals surface area (Å²) in [5.74, 6) is 3.63. The minimum absolute atomic E-state index is 0.0435. The number of nitrogens with two attached hydrogens (primary N) is 1. The maximum atomic E-state index is 12.5. The summed E-state index contributed by atoms with van der Waals surface area (Å²) in [6.07, 6.45) is -3.42. The lowest BCUT2D eigenvalue weighted by molar-refractivity contribution is -0.145. The van der Waals surface area contributed by atoms with Gasteiger partial charge in [-0.25, -0.2) is 20.8 Å². The van der Waals surface area contributed by atoms with Gasteiger partial charge in [0.05, 0.1) is 0 Å². The van der Waals surface area contributed by atoms with E-state index in [9.17, 15) is 13.2 Å². The minimum atomic E-state index is -4.65. The first-order valence-corrected chi connectivity index (χ1v) is 5.27. The number of nitrogens with one attached hydrogen (secondary N) is 2. The highest BCUT2D eigenvalue weighted by atomic mass is 32.2. The zero-order valence-corrected chi connectivity index (χ0v) is 9.38. The highest BCUT2D eigenvalue weighted by Gasteiger charge is 2.35. The molecule has 0 amide bonds. The third-order valence-corrected chi connectivity index (χ3v) is 2.51. The molecular formula is C7H6F3N7S. The van der Waals surface area contributed by atoms with Gasteiger partial charge in [-0.05, 0) is 11.8 Å². The average Bonchev–Trinajstić information content (AvgIpc) is 2.80. The second-order valence-electron chi connectivity index (χ2n) is 2.95. The van der Waals surface area contributed by atoms with Crippen LogP contribution in [-0.4, -0.2) is 25.1 Å². The number of alkyl halides is 3. The molecule has 96 valence electrons. The number of anilines is 1. The number of hydrazine groups is 1. The molecule has 18 heavy (non-hydrogen) atoms. The Morgan fingerprint density at radius 2 is 2.11 bits per heavy atom. The summed E-state index contributed by atoms with van der Waals surface area (Å²) in [4.78, 5) is 10.4. The number of halogens is 3. The monoisotopic (exact) mass is 277 g/mol. The Balaban J connectivity index is 2.35. The minimum Gasteiger partial charge on any atom is -0.308 e. The van der Waals surface area contributed by atoms with Gasteiger partial charge in [0.25, 0.3) is 0 Å². The van der Waals surface area contributed by atoms with E-state index in [4.69, 9.17) is 5.84 Å². The number of hydrogen-bond acceptors (Lipinski definition) is 7. The largest absolute Gasteiger partial charge is 0.451 e. The smallest absolute Gasteiger partial charge is 0.308 e. The number of rotatable bonds is 3. The van der Waals surface area contributed by atoms with Gasteiger partial charge >= 0.3 is 6.18 Å². The molecule has 0 aromatic carbocycles. The fourth-order valence-electron chi connectivity index (χ4n) is 1.02. The molecule has 0 radical (unpaired) electrons. The first kappa shape index (κ1) is 12.6. The summed E-state index contributed by atoms with van der Waals surface area (Å²) in [5, 5.41) is 6.41. The van der Waals surface area contributed by atoms with Crippen LogP contribution in [0, 0.1) is 0 Å². The van der Waals surface area contributed by atoms with Gasteiger partial charge in [-0.15, -0.1) is 0 Å². The molecule has 4 N–H and O–H groups in total. The summed E-state index contributed by atoms with van der Waals surface area (Å²) in [6, 6.07) is 1.27. The van der Waals surface area contributed by atoms with Crippen molar-refractivity contribution < 1.29 is 13.2 Å². The van der Waals surface area contributed by atoms with Gasteiger partial charge in [0.15, 0.2) is 5.16 Å². The average molecular weight is 277 g/mol. The highest BCUT2D eigenvalue weighted by molar-refractivity contribution is 7.99. The molecule has 0 aliphatic heterocycles. The van der Waals surface area contributed by atoms with E-state index in [1.54, 1.807) is 0 Å². The van der Waals surface area contributed by atoms with Crippen LogP contribution in [0.15, 0.2) is 22.6 Å². The van der Waals surface area contributed by atoms with Crippen molar-refractivity contribution in [2.24, 2.45) is 5.84 Å². The van der Waals surface area contributed by atoms with Crippen LogP contribution in [0.3, 0.4) is 0 Å². The van der Waals surface area contributed by atoms with Crippen LogP contribution in [0.25, 0.3) is 0 Å². The predicted molar refractivity (Wildman–Crippen MR) is 55.3 cm³/mol. The maximum Gasteiger partial charge on any atom is 0.451 e. The number of H-pyrrole nitrogens is 1. The zero-order valence-electron chi connectivity index (χ0n) is 8.56. The molecule has 0 bridgehead atoms. The number of nitrogens with zero attached hydrogens (tertiary/aromatic N) is 4. The number of aromatic amines is 1. The zero-order chi connectivity index (χ0) is 13.2. The van der Waals surface area contributed by atoms with E-state index >= 15 is 0 Å². The Kier molecular flexibility index (Phi) is 3.34. The predicted octanol–water partition coefficient (Wildman–Crippen LogP) is 1.05. The molecule has 2 aromatic rings. The van der Waals surface area contributed by atoms with E-state index in [-0.39, 0.29) is 10.8 Å². The molecule has 2 rings (SSSR count). The summed E-state index contributed by atoms with van der Waals surface area (Å²) >= 11 is 0.878. The number of hydrogen-bond donors (Lipinski definition) is 3. The fraction of sp³-hybridized carbons (Fsp3) is 0.143. The molecule has 0 aliphatic rings. The molecule has 0 saturated heterocycles. The lowest BCUT2D eigenvalue weighted by Crippen LogP contribution is -2.16. The lowest BCUT2D eigenvalue weighted by Gasteiger charge is -2.08. The molecule has 0 unspecified atom stereocenters. The van der Waals surface area contributed by atoms with Crippen LogP contribution in [0.1, 0.15) is 5.82 Å². The Labute approximate surface area is 102 Å². The molecule has 0 saturated carbocycles. The van der Waals surface area contributed by atoms with Gasteiger partial charge in [0, 0.05) is 6.07 Å². The Morgan fingerprint density at radius 3 is 2.67 bits per heavy atom. The van der Waals surface area contributed by atoms with Crippen LogP contribution in [0.2, 0.25) is 0 Å². The topological polar surface area (TPSA) is 105 Å². The Morgan fingerprint density at radius 1 is 1.33 bits per heavy atom. The highest BCUT2D eigenvalue weighted by Crippen LogP contribution is 2.30. The van der Waals surface area contributed by atoms with Crippen molar-refractivity contribution in [1.82, 2.24) is 25.1 Å². The van der Waals surface area contributed by atoms with Crippen molar-refractivity contribution >= 4 is 17.6 Å². The molecule has 2 aromatic heterocycles. The van der Waals surface area contributed by atoms with Crippen molar-refractivity contribution in [2.75, 3.05) is 5.43 Å². The van der Waals surface area contributed by atoms with Gasteiger partial charge in [0.1, 0.15) is 17.2 Å². The van der Waals surface area contributed by atoms with Crippen LogP contribution >= 0.6 is 11.8 Å². The molecule has 11 heteroatoms. The van der Waals surface area contributed by atoms with Crippen molar-refractivity contribution in [3.63, 3.8) is 0 Å². The van der Waals surface area contributed by atoms with Crippen molar-refractivity contribution in [3.8, 4) is 0 Å². The van der Waals surface area contributed by atoms with E-state index in [2.05, 4.69) is 25.1 Å². The molecule has 0 aliphatic carbocycles. The SMILES string of the molecule is NNc1cc(Sc2ncn[nH]2)nc(C(F)(F)F)n1. The second-order valence-corrected chi connectivity index (χ2v) is 3.96. The summed E-state index contributed by atoms with van der Waals surface area (Å²) in [5.41, 5.74) is 2.05. The van der Waals surface area contributed by atoms with E-state index in [1.807, 2.05) is 5.43 Å². The van der Waals surface area contributed by atoms with Gasteiger partial charge in [-0.1, -0.05) is 0 Å². The van der Waals surface area contributed by atoms with Gasteiger partial charge in [-0.2, -0.15) is 18.3 Å². The van der Waals surface area contributed by atoms with Crippen LogP contribution in [0.4, 0.5) is 19.0 Å². The standard InChI is InChI=1S/C7H6F3N7S/c8-7(9,10)5-14-3(16-11)1-4(15-5)18-6-12-2-13-17-6/h1-2H,11H2,(H,12,13,17)(H,14,15,16). The van der Waals surface area contributed by atoms with Crippen molar-refractivity contribution in [3.05, 3.63) is 18.2 Å². The summed E-state index contributed by atoms with van der Waals surface area (Å²) in [6.45, 7) is 0. The quantitative estimate of drug-likeness (QED) is 0.437. The number of aromatic nitrogens is 5. The lowest BCUT2D eigenvalue weighted by atomic mass is 10.5. The number of nitrogen functional groups attached to an aromatic ring is 1. The second kappa shape index (κ2) is 4.78. The first-order valence-electron chi connectivity index (χ1n) is 4.45. The molecule has 0 fully saturated rings. The van der Waals surface area contributed by atoms with Crippen LogP contribution in [-0.2, 0) is 6.18 Å². The van der Waals surface area contributed by atoms with Crippen LogP contribution < -0.4 is 11.3 Å². The van der Waals surface area contributed by atoms with Crippen LogP contribution in [0.5, 0.6) is 0 Å². The fourth-order valence-corrected chi connectivity index (χ4v) is 1.72. The van der Waals surface area contributed by atoms with Gasteiger partial charge < -0.3 is 5.43 Å². The van der Waals surface area contributed by atoms with Gasteiger partial charge in [-0.3, -0.25) is 5.10 Å². The normalized spacial score (nSPS) is 11.6. The van der Waals surface area contributed by atoms with E-state index < -0.39 is 12.0 Å². The third kappa shape index (κ3) is 2.87. The Hall–Kier alpha value is -1.88. The molecule has 0 spiro atoms. The summed E-state index contributed by atoms with van der Waals surface area (Å²) < 4.78 is 37.6. The van der Waals surface area contributed by atoms with Crippen molar-refractivity contribution in [1.29, 1.82) is 0 Å². The van der Waals surface area contributed by atoms with E-state index in [0.717, 1.165) is 11.8 Å². The van der Waals surface area contributed by atoms with Gasteiger partial charge in [0.2, 0.25) is 5.82 Å². The molecule has 0 atom stereocenters. The molecular weight excluding hydrogens is 271 g/mol. The summed E-state index contributed by atoms with van der Waals surface area (Å²) in [7, 11) is 0. The van der Waals surface area contributed by atoms with Crippen molar-refractivity contribution in [2.45, 2.75) is 16.4 Å². The molecule has 2 heterocycles. The maximum absolute atomic E-state index is 12.5. The van der Waals surface area contributed by atoms with E-state index in [1.165, 1.54) is 12.4 Å². The Bertz CT molecular complexity index is 526.